The number of benzene rings is 1. The number of hydrogen-bond donors (Lipinski definition) is 2. The molecule has 16 heavy (non-hydrogen) atoms. The summed E-state index contributed by atoms with van der Waals surface area (Å²) in [4.78, 5) is 0. The van der Waals surface area contributed by atoms with Crippen LogP contribution >= 0.6 is 0 Å². The number of aryl methyl sites for hydroxylation is 1. The van der Waals surface area contributed by atoms with Gasteiger partial charge >= 0.3 is 0 Å². The minimum atomic E-state index is 0.239. The smallest absolute Gasteiger partial charge is 0.165 e. The first-order valence-corrected chi connectivity index (χ1v) is 4.77. The van der Waals surface area contributed by atoms with Gasteiger partial charge in [0, 0.05) is 12.7 Å². The zero-order valence-electron chi connectivity index (χ0n) is 8.81. The van der Waals surface area contributed by atoms with Crippen LogP contribution in [0, 0.1) is 11.3 Å². The summed E-state index contributed by atoms with van der Waals surface area (Å²) in [6, 6.07) is 11.6. The molecule has 3 N–H and O–H groups in total. The van der Waals surface area contributed by atoms with E-state index in [9.17, 15) is 0 Å². The van der Waals surface area contributed by atoms with Gasteiger partial charge in [-0.2, -0.15) is 10.4 Å². The molecule has 2 aromatic rings. The molecule has 0 saturated carbocycles. The molecule has 0 aliphatic heterocycles. The summed E-state index contributed by atoms with van der Waals surface area (Å²) < 4.78 is 1.56. The molecule has 0 amide bonds. The number of aromatic nitrogens is 2. The number of nitrogens with two attached hydrogens (primary N) is 1. The molecule has 1 aromatic heterocycles. The fourth-order valence-corrected chi connectivity index (χ4v) is 1.46. The predicted molar refractivity (Wildman–Crippen MR) is 62.1 cm³/mol. The zero-order chi connectivity index (χ0) is 11.5. The molecule has 0 saturated heterocycles. The first-order valence-electron chi connectivity index (χ1n) is 4.77. The van der Waals surface area contributed by atoms with Crippen LogP contribution in [0.25, 0.3) is 0 Å². The molecular formula is C11H11N5. The molecule has 0 radical (unpaired) electrons. The van der Waals surface area contributed by atoms with Crippen LogP contribution in [0.2, 0.25) is 0 Å². The molecule has 1 heterocycles. The lowest BCUT2D eigenvalue weighted by Gasteiger charge is -2.06. The van der Waals surface area contributed by atoms with Gasteiger partial charge in [-0.05, 0) is 12.1 Å². The second-order valence-corrected chi connectivity index (χ2v) is 3.34. The molecule has 80 valence electrons. The van der Waals surface area contributed by atoms with Gasteiger partial charge in [0.25, 0.3) is 0 Å². The van der Waals surface area contributed by atoms with Crippen molar-refractivity contribution in [2.75, 3.05) is 11.1 Å². The highest BCUT2D eigenvalue weighted by molar-refractivity contribution is 5.69. The van der Waals surface area contributed by atoms with Crippen LogP contribution in [0.5, 0.6) is 0 Å². The molecule has 5 nitrogen and oxygen atoms in total. The lowest BCUT2D eigenvalue weighted by atomic mass is 10.3. The summed E-state index contributed by atoms with van der Waals surface area (Å²) in [5.41, 5.74) is 6.87. The molecule has 0 fully saturated rings. The van der Waals surface area contributed by atoms with E-state index in [4.69, 9.17) is 11.0 Å². The van der Waals surface area contributed by atoms with Crippen molar-refractivity contribution in [1.82, 2.24) is 9.78 Å². The topological polar surface area (TPSA) is 79.7 Å². The Balaban J connectivity index is 2.39. The molecular weight excluding hydrogens is 202 g/mol. The third kappa shape index (κ3) is 1.68. The average Bonchev–Trinajstić information content (AvgIpc) is 2.55. The minimum absolute atomic E-state index is 0.239. The van der Waals surface area contributed by atoms with E-state index in [1.54, 1.807) is 11.7 Å². The Morgan fingerprint density at radius 1 is 1.38 bits per heavy atom. The second kappa shape index (κ2) is 3.95. The molecule has 0 atom stereocenters. The van der Waals surface area contributed by atoms with Crippen LogP contribution in [0.15, 0.2) is 30.3 Å². The fraction of sp³-hybridized carbons (Fsp3) is 0.0909. The van der Waals surface area contributed by atoms with E-state index in [2.05, 4.69) is 10.4 Å². The standard InChI is InChI=1S/C11H11N5/c1-16-11(9(7-12)10(13)15-16)14-8-5-3-2-4-6-8/h2-6,14H,1H3,(H2,13,15). The van der Waals surface area contributed by atoms with Crippen LogP contribution < -0.4 is 11.1 Å². The Kier molecular flexibility index (Phi) is 2.48. The SMILES string of the molecule is Cn1nc(N)c(C#N)c1Nc1ccccc1. The fourth-order valence-electron chi connectivity index (χ4n) is 1.46. The van der Waals surface area contributed by atoms with Crippen LogP contribution in [0.1, 0.15) is 5.56 Å². The Hall–Kier alpha value is -2.48. The van der Waals surface area contributed by atoms with E-state index in [0.717, 1.165) is 5.69 Å². The molecule has 1 aromatic carbocycles. The number of nitrogens with one attached hydrogen (secondary N) is 1. The second-order valence-electron chi connectivity index (χ2n) is 3.34. The Morgan fingerprint density at radius 2 is 2.06 bits per heavy atom. The van der Waals surface area contributed by atoms with E-state index in [0.29, 0.717) is 11.4 Å². The number of nitriles is 1. The van der Waals surface area contributed by atoms with E-state index in [1.807, 2.05) is 36.4 Å². The van der Waals surface area contributed by atoms with Crippen LogP contribution in [0.3, 0.4) is 0 Å². The van der Waals surface area contributed by atoms with E-state index in [1.165, 1.54) is 0 Å². The molecule has 0 unspecified atom stereocenters. The van der Waals surface area contributed by atoms with Gasteiger partial charge in [-0.1, -0.05) is 18.2 Å². The largest absolute Gasteiger partial charge is 0.381 e. The molecule has 0 bridgehead atoms. The average molecular weight is 213 g/mol. The summed E-state index contributed by atoms with van der Waals surface area (Å²) in [5.74, 6) is 0.842. The summed E-state index contributed by atoms with van der Waals surface area (Å²) >= 11 is 0. The maximum atomic E-state index is 8.97. The number of hydrogen-bond acceptors (Lipinski definition) is 4. The summed E-state index contributed by atoms with van der Waals surface area (Å²) in [7, 11) is 1.74. The third-order valence-electron chi connectivity index (χ3n) is 2.22. The summed E-state index contributed by atoms with van der Waals surface area (Å²) in [6.07, 6.45) is 0. The van der Waals surface area contributed by atoms with Crippen LogP contribution in [-0.4, -0.2) is 9.78 Å². The number of nitrogens with zero attached hydrogens (tertiary/aromatic N) is 3. The quantitative estimate of drug-likeness (QED) is 0.794. The van der Waals surface area contributed by atoms with Crippen LogP contribution in [0.4, 0.5) is 17.3 Å². The summed E-state index contributed by atoms with van der Waals surface area (Å²) in [6.45, 7) is 0. The van der Waals surface area contributed by atoms with Gasteiger partial charge in [0.1, 0.15) is 17.5 Å². The van der Waals surface area contributed by atoms with E-state index in [-0.39, 0.29) is 5.82 Å². The lowest BCUT2D eigenvalue weighted by molar-refractivity contribution is 0.781. The van der Waals surface area contributed by atoms with Gasteiger partial charge in [0.05, 0.1) is 0 Å². The highest BCUT2D eigenvalue weighted by atomic mass is 15.3. The van der Waals surface area contributed by atoms with Gasteiger partial charge in [-0.25, -0.2) is 4.68 Å². The van der Waals surface area contributed by atoms with E-state index < -0.39 is 0 Å². The van der Waals surface area contributed by atoms with Crippen molar-refractivity contribution in [2.45, 2.75) is 0 Å². The van der Waals surface area contributed by atoms with Crippen molar-refractivity contribution in [3.63, 3.8) is 0 Å². The van der Waals surface area contributed by atoms with Gasteiger partial charge < -0.3 is 11.1 Å². The summed E-state index contributed by atoms with van der Waals surface area (Å²) in [5, 5.41) is 16.1. The Labute approximate surface area is 93.1 Å². The maximum absolute atomic E-state index is 8.97. The third-order valence-corrected chi connectivity index (χ3v) is 2.22. The highest BCUT2D eigenvalue weighted by Crippen LogP contribution is 2.23. The number of rotatable bonds is 2. The number of anilines is 3. The number of para-hydroxylation sites is 1. The highest BCUT2D eigenvalue weighted by Gasteiger charge is 2.13. The molecule has 0 aliphatic carbocycles. The van der Waals surface area contributed by atoms with Gasteiger partial charge in [-0.15, -0.1) is 0 Å². The first kappa shape index (κ1) is 10.1. The maximum Gasteiger partial charge on any atom is 0.165 e. The molecule has 0 aliphatic rings. The van der Waals surface area contributed by atoms with E-state index >= 15 is 0 Å². The molecule has 5 heteroatoms. The normalized spacial score (nSPS) is 9.75. The van der Waals surface area contributed by atoms with Crippen molar-refractivity contribution in [1.29, 1.82) is 5.26 Å². The molecule has 2 rings (SSSR count). The lowest BCUT2D eigenvalue weighted by Crippen LogP contribution is -2.00. The van der Waals surface area contributed by atoms with Crippen molar-refractivity contribution in [2.24, 2.45) is 7.05 Å². The Morgan fingerprint density at radius 3 is 2.69 bits per heavy atom. The van der Waals surface area contributed by atoms with Crippen LogP contribution in [-0.2, 0) is 7.05 Å². The Bertz CT molecular complexity index is 535. The molecule has 0 spiro atoms. The van der Waals surface area contributed by atoms with Crippen molar-refractivity contribution in [3.8, 4) is 6.07 Å². The van der Waals surface area contributed by atoms with Gasteiger partial charge in [0.2, 0.25) is 0 Å². The number of nitrogen functional groups attached to an aromatic ring is 1. The van der Waals surface area contributed by atoms with Gasteiger partial charge in [0.15, 0.2) is 5.82 Å². The monoisotopic (exact) mass is 213 g/mol. The van der Waals surface area contributed by atoms with Gasteiger partial charge in [-0.3, -0.25) is 0 Å². The minimum Gasteiger partial charge on any atom is -0.381 e. The van der Waals surface area contributed by atoms with Crippen molar-refractivity contribution in [3.05, 3.63) is 35.9 Å². The predicted octanol–water partition coefficient (Wildman–Crippen LogP) is 1.62. The first-order chi connectivity index (χ1) is 7.72. The zero-order valence-corrected chi connectivity index (χ0v) is 8.81. The van der Waals surface area contributed by atoms with Crippen molar-refractivity contribution < 1.29 is 0 Å². The van der Waals surface area contributed by atoms with Crippen molar-refractivity contribution >= 4 is 17.3 Å².